The molecule has 1 aliphatic heterocycles. The van der Waals surface area contributed by atoms with Crippen molar-refractivity contribution in [3.8, 4) is 11.8 Å². The normalized spacial score (nSPS) is 16.6. The van der Waals surface area contributed by atoms with Crippen molar-refractivity contribution >= 4 is 52.1 Å². The third kappa shape index (κ3) is 4.63. The van der Waals surface area contributed by atoms with Crippen LogP contribution in [0, 0.1) is 11.8 Å². The predicted molar refractivity (Wildman–Crippen MR) is 127 cm³/mol. The zero-order valence-corrected chi connectivity index (χ0v) is 18.8. The van der Waals surface area contributed by atoms with Crippen molar-refractivity contribution in [2.75, 3.05) is 11.4 Å². The van der Waals surface area contributed by atoms with Crippen molar-refractivity contribution in [3.63, 3.8) is 0 Å². The van der Waals surface area contributed by atoms with Gasteiger partial charge in [-0.1, -0.05) is 41.1 Å². The van der Waals surface area contributed by atoms with E-state index in [-0.39, 0.29) is 10.7 Å². The molecular formula is C24H16Cl2N2O2S. The number of pyridine rings is 1. The standard InChI is InChI=1S/C24H16Cl2N2O2S/c1-28-22-8-6-17(4-2-3-16-9-11-27-12-10-16)13-19(22)24(29)23(31(28)30)15-18-5-7-20(25)21(26)14-18/h5-15H,3H2,1H3/b23-15-. The molecule has 2 heterocycles. The van der Waals surface area contributed by atoms with Crippen molar-refractivity contribution < 1.29 is 9.35 Å². The van der Waals surface area contributed by atoms with Crippen LogP contribution >= 0.6 is 23.2 Å². The van der Waals surface area contributed by atoms with Gasteiger partial charge in [-0.25, -0.2) is 0 Å². The molecule has 0 amide bonds. The zero-order chi connectivity index (χ0) is 22.0. The van der Waals surface area contributed by atoms with Crippen LogP contribution in [0.4, 0.5) is 5.69 Å². The van der Waals surface area contributed by atoms with E-state index in [0.29, 0.717) is 33.3 Å². The number of hydrogen-bond acceptors (Lipinski definition) is 4. The average molecular weight is 467 g/mol. The Morgan fingerprint density at radius 1 is 1.10 bits per heavy atom. The maximum Gasteiger partial charge on any atom is 0.245 e. The average Bonchev–Trinajstić information content (AvgIpc) is 2.78. The summed E-state index contributed by atoms with van der Waals surface area (Å²) in [4.78, 5) is 17.3. The predicted octanol–water partition coefficient (Wildman–Crippen LogP) is 5.32. The molecule has 0 saturated heterocycles. The van der Waals surface area contributed by atoms with E-state index in [1.807, 2.05) is 18.2 Å². The summed E-state index contributed by atoms with van der Waals surface area (Å²) < 4.78 is 14.5. The highest BCUT2D eigenvalue weighted by molar-refractivity contribution is 7.97. The number of Topliss-reactive ketones (excluding diaryl/α,β-unsaturated/α-hetero) is 1. The Kier molecular flexibility index (Phi) is 6.35. The van der Waals surface area contributed by atoms with Gasteiger partial charge in [0.05, 0.1) is 28.3 Å². The number of benzene rings is 2. The quantitative estimate of drug-likeness (QED) is 0.291. The van der Waals surface area contributed by atoms with Gasteiger partial charge in [0.1, 0.15) is 11.4 Å². The monoisotopic (exact) mass is 466 g/mol. The molecule has 0 N–H and O–H groups in total. The van der Waals surface area contributed by atoms with Crippen molar-refractivity contribution in [1.82, 2.24) is 4.98 Å². The molecule has 1 unspecified atom stereocenters. The molecule has 1 aliphatic rings. The lowest BCUT2D eigenvalue weighted by molar-refractivity contribution is 0.104. The lowest BCUT2D eigenvalue weighted by Gasteiger charge is -2.29. The maximum atomic E-state index is 13.2. The molecule has 0 radical (unpaired) electrons. The molecule has 1 atom stereocenters. The van der Waals surface area contributed by atoms with Gasteiger partial charge in [-0.15, -0.1) is 0 Å². The van der Waals surface area contributed by atoms with Gasteiger partial charge < -0.3 is 4.55 Å². The number of carbonyl (C=O) groups excluding carboxylic acids is 1. The van der Waals surface area contributed by atoms with Gasteiger partial charge in [0.15, 0.2) is 0 Å². The number of halogens is 2. The summed E-state index contributed by atoms with van der Waals surface area (Å²) in [6.45, 7) is 0. The fraction of sp³-hybridized carbons (Fsp3) is 0.0833. The van der Waals surface area contributed by atoms with E-state index >= 15 is 0 Å². The number of aromatic nitrogens is 1. The smallest absolute Gasteiger partial charge is 0.245 e. The Bertz CT molecular complexity index is 1250. The summed E-state index contributed by atoms with van der Waals surface area (Å²) >= 11 is 10.4. The minimum atomic E-state index is -1.64. The van der Waals surface area contributed by atoms with Crippen LogP contribution in [0.2, 0.25) is 10.0 Å². The SMILES string of the molecule is CN1c2ccc(C#CCc3ccncc3)cc2C(=O)/C(=C/c2ccc(Cl)c(Cl)c2)[S+]1[O-]. The zero-order valence-electron chi connectivity index (χ0n) is 16.4. The molecule has 154 valence electrons. The molecule has 2 aromatic carbocycles. The summed E-state index contributed by atoms with van der Waals surface area (Å²) in [5, 5.41) is 0.780. The first kappa shape index (κ1) is 21.5. The van der Waals surface area contributed by atoms with Gasteiger partial charge in [0.2, 0.25) is 10.7 Å². The Morgan fingerprint density at radius 3 is 2.61 bits per heavy atom. The number of ketones is 1. The number of anilines is 1. The third-order valence-electron chi connectivity index (χ3n) is 4.76. The first-order valence-corrected chi connectivity index (χ1v) is 11.2. The molecule has 0 bridgehead atoms. The maximum absolute atomic E-state index is 13.2. The summed E-state index contributed by atoms with van der Waals surface area (Å²) in [6, 6.07) is 14.2. The number of hydrogen-bond donors (Lipinski definition) is 0. The molecule has 4 nitrogen and oxygen atoms in total. The van der Waals surface area contributed by atoms with Crippen molar-refractivity contribution in [2.45, 2.75) is 6.42 Å². The summed E-state index contributed by atoms with van der Waals surface area (Å²) in [6.07, 6.45) is 5.63. The van der Waals surface area contributed by atoms with E-state index in [1.165, 1.54) is 0 Å². The topological polar surface area (TPSA) is 56.3 Å². The molecule has 3 aromatic rings. The minimum Gasteiger partial charge on any atom is -0.588 e. The van der Waals surface area contributed by atoms with E-state index in [2.05, 4.69) is 16.8 Å². The van der Waals surface area contributed by atoms with Gasteiger partial charge in [0, 0.05) is 30.5 Å². The Hall–Kier alpha value is -2.75. The first-order chi connectivity index (χ1) is 14.9. The van der Waals surface area contributed by atoms with Crippen LogP contribution in [0.25, 0.3) is 6.08 Å². The summed E-state index contributed by atoms with van der Waals surface area (Å²) in [5.41, 5.74) is 3.50. The lowest BCUT2D eigenvalue weighted by Crippen LogP contribution is -2.36. The Balaban J connectivity index is 1.66. The highest BCUT2D eigenvalue weighted by atomic mass is 35.5. The van der Waals surface area contributed by atoms with E-state index in [0.717, 1.165) is 11.1 Å². The molecule has 0 spiro atoms. The third-order valence-corrected chi connectivity index (χ3v) is 6.87. The first-order valence-electron chi connectivity index (χ1n) is 9.33. The van der Waals surface area contributed by atoms with Gasteiger partial charge in [-0.3, -0.25) is 9.78 Å². The highest BCUT2D eigenvalue weighted by Crippen LogP contribution is 2.35. The van der Waals surface area contributed by atoms with Gasteiger partial charge in [0.25, 0.3) is 0 Å². The molecule has 7 heteroatoms. The molecule has 1 aromatic heterocycles. The summed E-state index contributed by atoms with van der Waals surface area (Å²) in [7, 11) is 1.69. The highest BCUT2D eigenvalue weighted by Gasteiger charge is 2.38. The van der Waals surface area contributed by atoms with E-state index in [1.54, 1.807) is 60.2 Å². The van der Waals surface area contributed by atoms with E-state index in [9.17, 15) is 9.35 Å². The molecular weight excluding hydrogens is 451 g/mol. The molecule has 0 saturated carbocycles. The Morgan fingerprint density at radius 2 is 1.87 bits per heavy atom. The number of carbonyl (C=O) groups is 1. The van der Waals surface area contributed by atoms with Gasteiger partial charge in [-0.2, -0.15) is 4.31 Å². The fourth-order valence-electron chi connectivity index (χ4n) is 3.14. The van der Waals surface area contributed by atoms with Crippen molar-refractivity contribution in [2.24, 2.45) is 0 Å². The second kappa shape index (κ2) is 9.17. The molecule has 0 aliphatic carbocycles. The van der Waals surface area contributed by atoms with Crippen LogP contribution in [0.1, 0.15) is 27.0 Å². The Labute approximate surface area is 193 Å². The van der Waals surface area contributed by atoms with Crippen LogP contribution in [0.5, 0.6) is 0 Å². The second-order valence-corrected chi connectivity index (χ2v) is 9.12. The van der Waals surface area contributed by atoms with E-state index in [4.69, 9.17) is 23.2 Å². The van der Waals surface area contributed by atoms with Crippen molar-refractivity contribution in [3.05, 3.63) is 98.1 Å². The molecule has 31 heavy (non-hydrogen) atoms. The molecule has 4 rings (SSSR count). The number of nitrogens with zero attached hydrogens (tertiary/aromatic N) is 2. The van der Waals surface area contributed by atoms with Crippen LogP contribution in [-0.4, -0.2) is 22.4 Å². The van der Waals surface area contributed by atoms with Crippen LogP contribution < -0.4 is 4.31 Å². The second-order valence-electron chi connectivity index (χ2n) is 6.82. The lowest BCUT2D eigenvalue weighted by atomic mass is 10.0. The van der Waals surface area contributed by atoms with Gasteiger partial charge in [-0.05, 0) is 53.6 Å². The van der Waals surface area contributed by atoms with Crippen LogP contribution in [-0.2, 0) is 17.8 Å². The number of rotatable bonds is 2. The van der Waals surface area contributed by atoms with Crippen molar-refractivity contribution in [1.29, 1.82) is 0 Å². The molecule has 0 fully saturated rings. The number of fused-ring (bicyclic) bond motifs is 1. The van der Waals surface area contributed by atoms with Gasteiger partial charge >= 0.3 is 0 Å². The minimum absolute atomic E-state index is 0.176. The summed E-state index contributed by atoms with van der Waals surface area (Å²) in [5.74, 6) is 5.92. The largest absolute Gasteiger partial charge is 0.588 e. The van der Waals surface area contributed by atoms with Crippen LogP contribution in [0.3, 0.4) is 0 Å². The fourth-order valence-corrected chi connectivity index (χ4v) is 4.58. The number of allylic oxidation sites excluding steroid dienone is 1. The van der Waals surface area contributed by atoms with E-state index < -0.39 is 11.4 Å². The van der Waals surface area contributed by atoms with Crippen LogP contribution in [0.15, 0.2) is 65.8 Å².